The zero-order valence-electron chi connectivity index (χ0n) is 15.2. The molecule has 4 nitrogen and oxygen atoms in total. The Morgan fingerprint density at radius 3 is 2.44 bits per heavy atom. The minimum atomic E-state index is -0.196. The summed E-state index contributed by atoms with van der Waals surface area (Å²) in [5.41, 5.74) is 2.80. The average molecular weight is 361 g/mol. The molecule has 0 aliphatic heterocycles. The second-order valence-electron chi connectivity index (χ2n) is 6.17. The van der Waals surface area contributed by atoms with Crippen LogP contribution in [0, 0.1) is 6.92 Å². The van der Waals surface area contributed by atoms with Gasteiger partial charge in [0.05, 0.1) is 0 Å². The van der Waals surface area contributed by atoms with Gasteiger partial charge in [-0.15, -0.1) is 0 Å². The first-order valence-corrected chi connectivity index (χ1v) is 8.84. The molecule has 0 saturated heterocycles. The highest BCUT2D eigenvalue weighted by Crippen LogP contribution is 2.22. The fraction of sp³-hybridized carbons (Fsp3) is 0.350. The molecule has 2 aromatic rings. The summed E-state index contributed by atoms with van der Waals surface area (Å²) in [7, 11) is 0. The Labute approximate surface area is 154 Å². The third-order valence-electron chi connectivity index (χ3n) is 3.94. The number of hydrogen-bond donors (Lipinski definition) is 1. The Morgan fingerprint density at radius 2 is 1.88 bits per heavy atom. The van der Waals surface area contributed by atoms with Crippen molar-refractivity contribution in [3.63, 3.8) is 0 Å². The normalized spacial score (nSPS) is 10.6. The fourth-order valence-electron chi connectivity index (χ4n) is 2.70. The highest BCUT2D eigenvalue weighted by molar-refractivity contribution is 6.30. The Balaban J connectivity index is 1.92. The van der Waals surface area contributed by atoms with Crippen LogP contribution in [0.15, 0.2) is 42.5 Å². The van der Waals surface area contributed by atoms with Crippen LogP contribution in [0.3, 0.4) is 0 Å². The van der Waals surface area contributed by atoms with E-state index in [1.165, 1.54) is 0 Å². The first-order valence-electron chi connectivity index (χ1n) is 8.46. The molecule has 2 aromatic carbocycles. The second kappa shape index (κ2) is 8.77. The first-order chi connectivity index (χ1) is 11.9. The molecule has 134 valence electrons. The number of nitrogens with one attached hydrogen (secondary N) is 1. The minimum Gasteiger partial charge on any atom is -0.483 e. The highest BCUT2D eigenvalue weighted by atomic mass is 35.5. The number of halogens is 1. The van der Waals surface area contributed by atoms with E-state index in [2.05, 4.69) is 31.0 Å². The van der Waals surface area contributed by atoms with Crippen molar-refractivity contribution in [2.45, 2.75) is 33.7 Å². The summed E-state index contributed by atoms with van der Waals surface area (Å²) >= 11 is 5.91. The van der Waals surface area contributed by atoms with Gasteiger partial charge in [0, 0.05) is 29.0 Å². The van der Waals surface area contributed by atoms with Gasteiger partial charge in [-0.2, -0.15) is 0 Å². The fourth-order valence-corrected chi connectivity index (χ4v) is 2.92. The lowest BCUT2D eigenvalue weighted by Crippen LogP contribution is -2.30. The maximum Gasteiger partial charge on any atom is 0.262 e. The average Bonchev–Trinajstić information content (AvgIpc) is 2.56. The van der Waals surface area contributed by atoms with Crippen LogP contribution < -0.4 is 15.0 Å². The smallest absolute Gasteiger partial charge is 0.262 e. The Kier molecular flexibility index (Phi) is 6.71. The van der Waals surface area contributed by atoms with Crippen molar-refractivity contribution >= 4 is 28.9 Å². The molecule has 0 aliphatic carbocycles. The highest BCUT2D eigenvalue weighted by Gasteiger charge is 2.09. The summed E-state index contributed by atoms with van der Waals surface area (Å²) in [5, 5.41) is 3.50. The molecule has 25 heavy (non-hydrogen) atoms. The molecule has 0 radical (unpaired) electrons. The molecule has 5 heteroatoms. The predicted octanol–water partition coefficient (Wildman–Crippen LogP) is 4.90. The summed E-state index contributed by atoms with van der Waals surface area (Å²) < 4.78 is 5.56. The van der Waals surface area contributed by atoms with Crippen molar-refractivity contribution in [1.29, 1.82) is 0 Å². The Morgan fingerprint density at radius 1 is 1.20 bits per heavy atom. The molecule has 0 heterocycles. The van der Waals surface area contributed by atoms with E-state index in [0.717, 1.165) is 23.5 Å². The van der Waals surface area contributed by atoms with E-state index in [1.807, 2.05) is 37.3 Å². The molecule has 1 amide bonds. The van der Waals surface area contributed by atoms with Gasteiger partial charge in [-0.3, -0.25) is 4.79 Å². The van der Waals surface area contributed by atoms with E-state index in [9.17, 15) is 4.79 Å². The summed E-state index contributed by atoms with van der Waals surface area (Å²) in [6.07, 6.45) is 0. The number of amides is 1. The van der Waals surface area contributed by atoms with Gasteiger partial charge >= 0.3 is 0 Å². The summed E-state index contributed by atoms with van der Waals surface area (Å²) in [6.45, 7) is 9.25. The number of benzene rings is 2. The molecule has 0 fully saturated rings. The monoisotopic (exact) mass is 360 g/mol. The molecular weight excluding hydrogens is 336 g/mol. The number of carbonyl (C=O) groups is 1. The number of hydrogen-bond acceptors (Lipinski definition) is 3. The van der Waals surface area contributed by atoms with E-state index < -0.39 is 0 Å². The number of anilines is 2. The van der Waals surface area contributed by atoms with E-state index in [-0.39, 0.29) is 12.5 Å². The predicted molar refractivity (Wildman–Crippen MR) is 105 cm³/mol. The van der Waals surface area contributed by atoms with Crippen LogP contribution in [0.25, 0.3) is 0 Å². The van der Waals surface area contributed by atoms with Gasteiger partial charge in [-0.25, -0.2) is 0 Å². The summed E-state index contributed by atoms with van der Waals surface area (Å²) in [5.74, 6) is 0.462. The topological polar surface area (TPSA) is 41.6 Å². The SMILES string of the molecule is CCN(c1ccc(NC(=O)COc2ccc(Cl)cc2C)cc1)C(C)C. The largest absolute Gasteiger partial charge is 0.483 e. The van der Waals surface area contributed by atoms with E-state index in [1.54, 1.807) is 12.1 Å². The molecular formula is C20H25ClN2O2. The van der Waals surface area contributed by atoms with E-state index in [4.69, 9.17) is 16.3 Å². The lowest BCUT2D eigenvalue weighted by molar-refractivity contribution is -0.118. The molecule has 0 spiro atoms. The minimum absolute atomic E-state index is 0.0443. The number of aryl methyl sites for hydroxylation is 1. The van der Waals surface area contributed by atoms with Gasteiger partial charge in [0.1, 0.15) is 5.75 Å². The Bertz CT molecular complexity index is 714. The molecule has 2 rings (SSSR count). The van der Waals surface area contributed by atoms with Gasteiger partial charge in [0.15, 0.2) is 6.61 Å². The molecule has 1 N–H and O–H groups in total. The van der Waals surface area contributed by atoms with Crippen LogP contribution >= 0.6 is 11.6 Å². The number of nitrogens with zero attached hydrogens (tertiary/aromatic N) is 1. The van der Waals surface area contributed by atoms with Crippen LogP contribution in [-0.2, 0) is 4.79 Å². The Hall–Kier alpha value is -2.20. The van der Waals surface area contributed by atoms with Crippen LogP contribution in [0.5, 0.6) is 5.75 Å². The lowest BCUT2D eigenvalue weighted by Gasteiger charge is -2.27. The number of carbonyl (C=O) groups excluding carboxylic acids is 1. The third kappa shape index (κ3) is 5.40. The van der Waals surface area contributed by atoms with Crippen molar-refractivity contribution in [2.75, 3.05) is 23.4 Å². The van der Waals surface area contributed by atoms with Crippen LogP contribution in [0.4, 0.5) is 11.4 Å². The van der Waals surface area contributed by atoms with E-state index in [0.29, 0.717) is 16.8 Å². The summed E-state index contributed by atoms with van der Waals surface area (Å²) in [6, 6.07) is 13.6. The van der Waals surface area contributed by atoms with Crippen molar-refractivity contribution in [3.05, 3.63) is 53.1 Å². The zero-order chi connectivity index (χ0) is 18.4. The van der Waals surface area contributed by atoms with Crippen molar-refractivity contribution < 1.29 is 9.53 Å². The second-order valence-corrected chi connectivity index (χ2v) is 6.61. The molecule has 0 aromatic heterocycles. The van der Waals surface area contributed by atoms with Gasteiger partial charge in [0.25, 0.3) is 5.91 Å². The third-order valence-corrected chi connectivity index (χ3v) is 4.18. The maximum absolute atomic E-state index is 12.1. The molecule has 0 unspecified atom stereocenters. The van der Waals surface area contributed by atoms with E-state index >= 15 is 0 Å². The molecule has 0 aliphatic rings. The van der Waals surface area contributed by atoms with Gasteiger partial charge in [0.2, 0.25) is 0 Å². The standard InChI is InChI=1S/C20H25ClN2O2/c1-5-23(14(2)3)18-9-7-17(8-10-18)22-20(24)13-25-19-11-6-16(21)12-15(19)4/h6-12,14H,5,13H2,1-4H3,(H,22,24). The number of rotatable bonds is 7. The van der Waals surface area contributed by atoms with Gasteiger partial charge in [-0.05, 0) is 75.7 Å². The maximum atomic E-state index is 12.1. The molecule has 0 bridgehead atoms. The summed E-state index contributed by atoms with van der Waals surface area (Å²) in [4.78, 5) is 14.4. The van der Waals surface area contributed by atoms with Crippen LogP contribution in [-0.4, -0.2) is 25.1 Å². The van der Waals surface area contributed by atoms with Crippen molar-refractivity contribution in [3.8, 4) is 5.75 Å². The first kappa shape index (κ1) is 19.1. The van der Waals surface area contributed by atoms with Gasteiger partial charge in [-0.1, -0.05) is 11.6 Å². The molecule has 0 atom stereocenters. The quantitative estimate of drug-likeness (QED) is 0.763. The van der Waals surface area contributed by atoms with Crippen molar-refractivity contribution in [2.24, 2.45) is 0 Å². The van der Waals surface area contributed by atoms with Crippen LogP contribution in [0.1, 0.15) is 26.3 Å². The lowest BCUT2D eigenvalue weighted by atomic mass is 10.2. The zero-order valence-corrected chi connectivity index (χ0v) is 15.9. The van der Waals surface area contributed by atoms with Gasteiger partial charge < -0.3 is 15.0 Å². The van der Waals surface area contributed by atoms with Crippen LogP contribution in [0.2, 0.25) is 5.02 Å². The number of ether oxygens (including phenoxy) is 1. The molecule has 0 saturated carbocycles. The van der Waals surface area contributed by atoms with Crippen molar-refractivity contribution in [1.82, 2.24) is 0 Å².